The first-order valence-corrected chi connectivity index (χ1v) is 5.82. The van der Waals surface area contributed by atoms with Gasteiger partial charge in [0.2, 0.25) is 0 Å². The minimum atomic E-state index is 0.0665. The molecule has 0 aliphatic carbocycles. The molecule has 3 nitrogen and oxygen atoms in total. The number of unbranched alkanes of at least 4 members (excludes halogenated alkanes) is 4. The van der Waals surface area contributed by atoms with Gasteiger partial charge in [-0.1, -0.05) is 57.4 Å². The number of hydrogen-bond donors (Lipinski definition) is 1. The van der Waals surface area contributed by atoms with Crippen molar-refractivity contribution in [2.24, 2.45) is 0 Å². The second kappa shape index (κ2) is 11.0. The highest BCUT2D eigenvalue weighted by Crippen LogP contribution is 2.13. The molecule has 0 saturated carbocycles. The first kappa shape index (κ1) is 13.9. The molecule has 0 heterocycles. The Hall–Kier alpha value is -0.120. The van der Waals surface area contributed by atoms with E-state index in [9.17, 15) is 0 Å². The Morgan fingerprint density at radius 3 is 2.14 bits per heavy atom. The van der Waals surface area contributed by atoms with Crippen LogP contribution in [0.25, 0.3) is 0 Å². The van der Waals surface area contributed by atoms with E-state index in [0.717, 1.165) is 32.1 Å². The largest absolute Gasteiger partial charge is 0.221 e. The van der Waals surface area contributed by atoms with E-state index in [4.69, 9.17) is 10.1 Å². The Bertz CT molecular complexity index is 107. The van der Waals surface area contributed by atoms with Crippen LogP contribution in [-0.4, -0.2) is 11.4 Å². The fraction of sp³-hybridized carbons (Fsp3) is 1.00. The van der Waals surface area contributed by atoms with Gasteiger partial charge >= 0.3 is 0 Å². The molecule has 0 fully saturated rings. The maximum absolute atomic E-state index is 8.22. The molecule has 1 atom stereocenters. The van der Waals surface area contributed by atoms with Crippen molar-refractivity contribution in [3.63, 3.8) is 0 Å². The highest BCUT2D eigenvalue weighted by atomic mass is 17.5. The van der Waals surface area contributed by atoms with Crippen molar-refractivity contribution in [1.82, 2.24) is 0 Å². The maximum atomic E-state index is 8.22. The topological polar surface area (TPSA) is 38.7 Å². The van der Waals surface area contributed by atoms with Crippen LogP contribution in [0, 0.1) is 0 Å². The van der Waals surface area contributed by atoms with Crippen LogP contribution < -0.4 is 0 Å². The molecule has 1 N–H and O–H groups in total. The summed E-state index contributed by atoms with van der Waals surface area (Å²) in [5, 5.41) is 12.0. The van der Waals surface area contributed by atoms with Gasteiger partial charge in [-0.15, -0.1) is 0 Å². The molecule has 0 radical (unpaired) electrons. The predicted octanol–water partition coefficient (Wildman–Crippen LogP) is 3.94. The van der Waals surface area contributed by atoms with Crippen LogP contribution in [0.3, 0.4) is 0 Å². The molecule has 0 aromatic carbocycles. The highest BCUT2D eigenvalue weighted by Gasteiger charge is 2.09. The van der Waals surface area contributed by atoms with Crippen LogP contribution in [0.15, 0.2) is 0 Å². The second-order valence-corrected chi connectivity index (χ2v) is 3.78. The van der Waals surface area contributed by atoms with E-state index in [0.29, 0.717) is 0 Å². The molecule has 0 aromatic rings. The summed E-state index contributed by atoms with van der Waals surface area (Å²) < 4.78 is 0. The molecule has 0 rings (SSSR count). The first-order valence-electron chi connectivity index (χ1n) is 5.82. The van der Waals surface area contributed by atoms with Gasteiger partial charge < -0.3 is 0 Å². The molecule has 0 aromatic heterocycles. The quantitative estimate of drug-likeness (QED) is 0.333. The zero-order valence-electron chi connectivity index (χ0n) is 9.50. The lowest BCUT2D eigenvalue weighted by molar-refractivity contribution is -0.507. The summed E-state index contributed by atoms with van der Waals surface area (Å²) in [5.74, 6) is 0. The highest BCUT2D eigenvalue weighted by molar-refractivity contribution is 4.57. The summed E-state index contributed by atoms with van der Waals surface area (Å²) in [7, 11) is 0. The Balaban J connectivity index is 3.40. The van der Waals surface area contributed by atoms with E-state index in [1.54, 1.807) is 0 Å². The van der Waals surface area contributed by atoms with E-state index >= 15 is 0 Å². The smallest absolute Gasteiger partial charge is 0.0961 e. The lowest BCUT2D eigenvalue weighted by Crippen LogP contribution is -2.12. The lowest BCUT2D eigenvalue weighted by atomic mass is 10.0. The van der Waals surface area contributed by atoms with Crippen molar-refractivity contribution >= 4 is 0 Å². The molecule has 0 bridgehead atoms. The van der Waals surface area contributed by atoms with Gasteiger partial charge in [-0.3, -0.25) is 0 Å². The number of rotatable bonds is 10. The van der Waals surface area contributed by atoms with E-state index in [1.807, 2.05) is 0 Å². The van der Waals surface area contributed by atoms with Gasteiger partial charge in [-0.2, -0.15) is 0 Å². The third-order valence-corrected chi connectivity index (χ3v) is 2.44. The van der Waals surface area contributed by atoms with E-state index < -0.39 is 0 Å². The van der Waals surface area contributed by atoms with Crippen LogP contribution in [0.1, 0.15) is 65.2 Å². The average Bonchev–Trinajstić information content (AvgIpc) is 2.20. The van der Waals surface area contributed by atoms with Crippen LogP contribution >= 0.6 is 0 Å². The zero-order valence-corrected chi connectivity index (χ0v) is 9.50. The van der Waals surface area contributed by atoms with Gasteiger partial charge in [0.05, 0.1) is 6.10 Å². The van der Waals surface area contributed by atoms with Crippen molar-refractivity contribution in [3.8, 4) is 0 Å². The minimum absolute atomic E-state index is 0.0665. The summed E-state index contributed by atoms with van der Waals surface area (Å²) in [4.78, 5) is 4.78. The summed E-state index contributed by atoms with van der Waals surface area (Å²) in [6.45, 7) is 4.34. The Morgan fingerprint density at radius 1 is 0.929 bits per heavy atom. The van der Waals surface area contributed by atoms with Crippen LogP contribution in [-0.2, 0) is 9.93 Å². The SMILES string of the molecule is CCCCCCC(CCCC)OOO. The van der Waals surface area contributed by atoms with E-state index in [2.05, 4.69) is 18.9 Å². The molecule has 0 aliphatic heterocycles. The molecule has 1 unspecified atom stereocenters. The predicted molar refractivity (Wildman–Crippen MR) is 56.9 cm³/mol. The third-order valence-electron chi connectivity index (χ3n) is 2.44. The second-order valence-electron chi connectivity index (χ2n) is 3.78. The van der Waals surface area contributed by atoms with Gasteiger partial charge in [0, 0.05) is 0 Å². The van der Waals surface area contributed by atoms with Crippen molar-refractivity contribution in [2.75, 3.05) is 0 Å². The molecule has 3 heteroatoms. The van der Waals surface area contributed by atoms with Crippen molar-refractivity contribution in [1.29, 1.82) is 0 Å². The molecular formula is C11H24O3. The van der Waals surface area contributed by atoms with Crippen molar-refractivity contribution < 1.29 is 15.2 Å². The van der Waals surface area contributed by atoms with Crippen LogP contribution in [0.2, 0.25) is 0 Å². The third kappa shape index (κ3) is 8.48. The van der Waals surface area contributed by atoms with Gasteiger partial charge in [0.25, 0.3) is 0 Å². The van der Waals surface area contributed by atoms with Crippen molar-refractivity contribution in [2.45, 2.75) is 71.3 Å². The standard InChI is InChI=1S/C11H24O3/c1-3-5-7-8-10-11(13-14-12)9-6-4-2/h11-12H,3-10H2,1-2H3. The fourth-order valence-corrected chi connectivity index (χ4v) is 1.53. The molecule has 0 spiro atoms. The molecule has 0 saturated heterocycles. The summed E-state index contributed by atoms with van der Waals surface area (Å²) >= 11 is 0. The van der Waals surface area contributed by atoms with Gasteiger partial charge in [0.15, 0.2) is 0 Å². The van der Waals surface area contributed by atoms with Crippen molar-refractivity contribution in [3.05, 3.63) is 0 Å². The summed E-state index contributed by atoms with van der Waals surface area (Å²) in [5.41, 5.74) is 0. The maximum Gasteiger partial charge on any atom is 0.0961 e. The Morgan fingerprint density at radius 2 is 1.57 bits per heavy atom. The zero-order chi connectivity index (χ0) is 10.6. The summed E-state index contributed by atoms with van der Waals surface area (Å²) in [6, 6.07) is 0. The fourth-order valence-electron chi connectivity index (χ4n) is 1.53. The van der Waals surface area contributed by atoms with E-state index in [1.165, 1.54) is 19.3 Å². The van der Waals surface area contributed by atoms with Gasteiger partial charge in [-0.25, -0.2) is 10.1 Å². The molecule has 86 valence electrons. The van der Waals surface area contributed by atoms with Crippen LogP contribution in [0.5, 0.6) is 0 Å². The number of hydrogen-bond acceptors (Lipinski definition) is 3. The Labute approximate surface area is 87.3 Å². The van der Waals surface area contributed by atoms with Crippen LogP contribution in [0.4, 0.5) is 0 Å². The van der Waals surface area contributed by atoms with Gasteiger partial charge in [-0.05, 0) is 12.8 Å². The van der Waals surface area contributed by atoms with Gasteiger partial charge in [0.1, 0.15) is 0 Å². The summed E-state index contributed by atoms with van der Waals surface area (Å²) in [6.07, 6.45) is 9.24. The average molecular weight is 204 g/mol. The monoisotopic (exact) mass is 204 g/mol. The lowest BCUT2D eigenvalue weighted by Gasteiger charge is -2.13. The normalized spacial score (nSPS) is 13.1. The molecular weight excluding hydrogens is 180 g/mol. The molecule has 14 heavy (non-hydrogen) atoms. The van der Waals surface area contributed by atoms with E-state index in [-0.39, 0.29) is 6.10 Å². The first-order chi connectivity index (χ1) is 6.85. The minimum Gasteiger partial charge on any atom is -0.221 e. The Kier molecular flexibility index (Phi) is 10.9. The molecule has 0 amide bonds. The molecule has 0 aliphatic rings.